The normalized spacial score (nSPS) is 18.8. The number of ether oxygens (including phenoxy) is 1. The van der Waals surface area contributed by atoms with Crippen molar-refractivity contribution in [3.8, 4) is 0 Å². The first-order chi connectivity index (χ1) is 13.4. The molecule has 1 aromatic heterocycles. The second kappa shape index (κ2) is 8.47. The number of nitrogens with zero attached hydrogens (tertiary/aromatic N) is 1. The van der Waals surface area contributed by atoms with Crippen molar-refractivity contribution >= 4 is 35.2 Å². The van der Waals surface area contributed by atoms with Gasteiger partial charge in [0.25, 0.3) is 5.91 Å². The minimum Gasteiger partial charge on any atom is -0.466 e. The molecule has 2 atom stereocenters. The predicted molar refractivity (Wildman–Crippen MR) is 101 cm³/mol. The zero-order valence-corrected chi connectivity index (χ0v) is 16.1. The number of nitrogens with one attached hydrogen (secondary N) is 1. The lowest BCUT2D eigenvalue weighted by Gasteiger charge is -2.25. The molecule has 28 heavy (non-hydrogen) atoms. The van der Waals surface area contributed by atoms with Crippen molar-refractivity contribution in [2.24, 2.45) is 0 Å². The summed E-state index contributed by atoms with van der Waals surface area (Å²) in [5, 5.41) is 1.93. The van der Waals surface area contributed by atoms with E-state index in [1.807, 2.05) is 0 Å². The first kappa shape index (κ1) is 19.9. The largest absolute Gasteiger partial charge is 0.466 e. The highest BCUT2D eigenvalue weighted by Gasteiger charge is 2.43. The highest BCUT2D eigenvalue weighted by atomic mass is 32.2. The third-order valence-electron chi connectivity index (χ3n) is 4.17. The van der Waals surface area contributed by atoms with Crippen LogP contribution in [0.1, 0.15) is 23.6 Å². The Kier molecular flexibility index (Phi) is 6.03. The highest BCUT2D eigenvalue weighted by Crippen LogP contribution is 2.41. The molecule has 0 unspecified atom stereocenters. The van der Waals surface area contributed by atoms with Gasteiger partial charge < -0.3 is 19.4 Å². The second-order valence-corrected chi connectivity index (χ2v) is 7.40. The molecule has 1 aliphatic heterocycles. The molecule has 1 fully saturated rings. The van der Waals surface area contributed by atoms with Gasteiger partial charge in [-0.3, -0.25) is 9.59 Å². The first-order valence-corrected chi connectivity index (χ1v) is 9.58. The van der Waals surface area contributed by atoms with E-state index in [1.165, 1.54) is 42.0 Å². The number of anilines is 1. The Labute approximate surface area is 165 Å². The number of hydrogen-bond acceptors (Lipinski definition) is 6. The summed E-state index contributed by atoms with van der Waals surface area (Å²) in [6, 6.07) is 6.97. The van der Waals surface area contributed by atoms with Gasteiger partial charge in [0.1, 0.15) is 23.0 Å². The minimum atomic E-state index is -0.832. The van der Waals surface area contributed by atoms with E-state index in [0.717, 1.165) is 5.56 Å². The minimum absolute atomic E-state index is 0.00585. The van der Waals surface area contributed by atoms with E-state index in [4.69, 9.17) is 9.15 Å². The first-order valence-electron chi connectivity index (χ1n) is 8.53. The SMILES string of the molecule is CC(=O)N1[C@H](C(=O)OCC(=O)Nc2ccc(C)cc2F)CS[C@H]1c1ccco1. The number of aryl methyl sites for hydroxylation is 1. The maximum absolute atomic E-state index is 13.8. The number of esters is 1. The summed E-state index contributed by atoms with van der Waals surface area (Å²) in [4.78, 5) is 37.8. The number of halogens is 1. The molecule has 0 spiro atoms. The highest BCUT2D eigenvalue weighted by molar-refractivity contribution is 7.99. The van der Waals surface area contributed by atoms with Gasteiger partial charge in [0.15, 0.2) is 6.61 Å². The van der Waals surface area contributed by atoms with Gasteiger partial charge in [-0.15, -0.1) is 11.8 Å². The third-order valence-corrected chi connectivity index (χ3v) is 5.45. The molecule has 0 saturated carbocycles. The van der Waals surface area contributed by atoms with Crippen LogP contribution >= 0.6 is 11.8 Å². The van der Waals surface area contributed by atoms with Crippen molar-refractivity contribution in [3.63, 3.8) is 0 Å². The molecule has 1 saturated heterocycles. The summed E-state index contributed by atoms with van der Waals surface area (Å²) in [5.41, 5.74) is 0.724. The topological polar surface area (TPSA) is 88.8 Å². The Bertz CT molecular complexity index is 886. The summed E-state index contributed by atoms with van der Waals surface area (Å²) >= 11 is 1.37. The third kappa shape index (κ3) is 4.36. The van der Waals surface area contributed by atoms with E-state index < -0.39 is 35.7 Å². The molecular weight excluding hydrogens is 387 g/mol. The smallest absolute Gasteiger partial charge is 0.330 e. The number of carbonyl (C=O) groups is 3. The van der Waals surface area contributed by atoms with Crippen molar-refractivity contribution in [2.45, 2.75) is 25.3 Å². The van der Waals surface area contributed by atoms with Crippen LogP contribution in [0.4, 0.5) is 10.1 Å². The summed E-state index contributed by atoms with van der Waals surface area (Å²) in [6.45, 7) is 2.51. The molecule has 3 rings (SSSR count). The van der Waals surface area contributed by atoms with E-state index in [9.17, 15) is 18.8 Å². The molecule has 0 bridgehead atoms. The Morgan fingerprint density at radius 2 is 2.14 bits per heavy atom. The maximum atomic E-state index is 13.8. The molecule has 0 aliphatic carbocycles. The van der Waals surface area contributed by atoms with E-state index in [-0.39, 0.29) is 11.6 Å². The van der Waals surface area contributed by atoms with Gasteiger partial charge in [-0.25, -0.2) is 9.18 Å². The fourth-order valence-electron chi connectivity index (χ4n) is 2.86. The summed E-state index contributed by atoms with van der Waals surface area (Å²) in [6.07, 6.45) is 1.49. The molecule has 1 aromatic carbocycles. The number of thioether (sulfide) groups is 1. The summed E-state index contributed by atoms with van der Waals surface area (Å²) < 4.78 is 24.2. The van der Waals surface area contributed by atoms with Crippen molar-refractivity contribution in [1.29, 1.82) is 0 Å². The number of hydrogen-bond donors (Lipinski definition) is 1. The van der Waals surface area contributed by atoms with Gasteiger partial charge in [0, 0.05) is 12.7 Å². The van der Waals surface area contributed by atoms with Crippen LogP contribution < -0.4 is 5.32 Å². The van der Waals surface area contributed by atoms with Gasteiger partial charge >= 0.3 is 5.97 Å². The van der Waals surface area contributed by atoms with Gasteiger partial charge in [-0.05, 0) is 36.8 Å². The van der Waals surface area contributed by atoms with Crippen LogP contribution in [-0.2, 0) is 19.1 Å². The lowest BCUT2D eigenvalue weighted by molar-refractivity contribution is -0.155. The van der Waals surface area contributed by atoms with Crippen molar-refractivity contribution in [1.82, 2.24) is 4.90 Å². The molecule has 2 amide bonds. The average Bonchev–Trinajstić information content (AvgIpc) is 3.31. The zero-order chi connectivity index (χ0) is 20.3. The number of benzene rings is 1. The van der Waals surface area contributed by atoms with Crippen LogP contribution in [0.2, 0.25) is 0 Å². The van der Waals surface area contributed by atoms with Gasteiger partial charge in [-0.2, -0.15) is 0 Å². The fourth-order valence-corrected chi connectivity index (χ4v) is 4.28. The van der Waals surface area contributed by atoms with E-state index in [0.29, 0.717) is 11.5 Å². The second-order valence-electron chi connectivity index (χ2n) is 6.28. The van der Waals surface area contributed by atoms with Crippen LogP contribution in [0.15, 0.2) is 41.0 Å². The number of carbonyl (C=O) groups excluding carboxylic acids is 3. The van der Waals surface area contributed by atoms with E-state index >= 15 is 0 Å². The Morgan fingerprint density at radius 1 is 1.36 bits per heavy atom. The number of amides is 2. The van der Waals surface area contributed by atoms with Gasteiger partial charge in [0.2, 0.25) is 5.91 Å². The molecule has 9 heteroatoms. The van der Waals surface area contributed by atoms with Crippen LogP contribution in [0.5, 0.6) is 0 Å². The average molecular weight is 406 g/mol. The molecular formula is C19H19FN2O5S. The zero-order valence-electron chi connectivity index (χ0n) is 15.3. The van der Waals surface area contributed by atoms with E-state index in [1.54, 1.807) is 25.1 Å². The Balaban J connectivity index is 1.59. The number of rotatable bonds is 5. The Hall–Kier alpha value is -2.81. The molecule has 7 nitrogen and oxygen atoms in total. The quantitative estimate of drug-likeness (QED) is 0.768. The fraction of sp³-hybridized carbons (Fsp3) is 0.316. The lowest BCUT2D eigenvalue weighted by atomic mass is 10.2. The molecule has 2 aromatic rings. The van der Waals surface area contributed by atoms with Crippen LogP contribution in [0.3, 0.4) is 0 Å². The Morgan fingerprint density at radius 3 is 2.79 bits per heavy atom. The molecule has 1 N–H and O–H groups in total. The molecule has 2 heterocycles. The molecule has 1 aliphatic rings. The number of furan rings is 1. The summed E-state index contributed by atoms with van der Waals surface area (Å²) in [7, 11) is 0. The standard InChI is InChI=1S/C19H19FN2O5S/c1-11-5-6-14(13(20)8-11)21-17(24)9-27-19(25)15-10-28-18(22(15)12(2)23)16-4-3-7-26-16/h3-8,15,18H,9-10H2,1-2H3,(H,21,24)/t15-,18-/m0/s1. The molecule has 0 radical (unpaired) electrons. The van der Waals surface area contributed by atoms with Crippen molar-refractivity contribution in [2.75, 3.05) is 17.7 Å². The van der Waals surface area contributed by atoms with Crippen molar-refractivity contribution in [3.05, 3.63) is 53.7 Å². The monoisotopic (exact) mass is 406 g/mol. The lowest BCUT2D eigenvalue weighted by Crippen LogP contribution is -2.43. The van der Waals surface area contributed by atoms with Gasteiger partial charge in [0.05, 0.1) is 12.0 Å². The molecule has 148 valence electrons. The van der Waals surface area contributed by atoms with Crippen LogP contribution in [0, 0.1) is 12.7 Å². The van der Waals surface area contributed by atoms with Crippen LogP contribution in [0.25, 0.3) is 0 Å². The van der Waals surface area contributed by atoms with Crippen molar-refractivity contribution < 1.29 is 27.9 Å². The summed E-state index contributed by atoms with van der Waals surface area (Å²) in [5.74, 6) is -1.37. The van der Waals surface area contributed by atoms with Gasteiger partial charge in [-0.1, -0.05) is 6.07 Å². The predicted octanol–water partition coefficient (Wildman–Crippen LogP) is 2.87. The van der Waals surface area contributed by atoms with Crippen LogP contribution in [-0.4, -0.2) is 41.1 Å². The van der Waals surface area contributed by atoms with E-state index in [2.05, 4.69) is 5.32 Å². The maximum Gasteiger partial charge on any atom is 0.330 e.